The first-order chi connectivity index (χ1) is 14.9. The summed E-state index contributed by atoms with van der Waals surface area (Å²) in [7, 11) is 0. The molecule has 3 heterocycles. The lowest BCUT2D eigenvalue weighted by Gasteiger charge is -2.26. The number of rotatable bonds is 3. The number of carbonyl (C=O) groups is 2. The second kappa shape index (κ2) is 7.24. The Morgan fingerprint density at radius 3 is 2.55 bits per heavy atom. The number of hydrogen-bond acceptors (Lipinski definition) is 5. The fourth-order valence-corrected chi connectivity index (χ4v) is 4.32. The highest BCUT2D eigenvalue weighted by atomic mass is 16.5. The van der Waals surface area contributed by atoms with E-state index in [0.29, 0.717) is 48.7 Å². The highest BCUT2D eigenvalue weighted by Gasteiger charge is 2.21. The molecule has 4 aromatic rings. The van der Waals surface area contributed by atoms with Crippen LogP contribution in [0, 0.1) is 13.8 Å². The largest absolute Gasteiger partial charge is 0.378 e. The van der Waals surface area contributed by atoms with Gasteiger partial charge in [-0.1, -0.05) is 11.2 Å². The van der Waals surface area contributed by atoms with E-state index < -0.39 is 5.91 Å². The van der Waals surface area contributed by atoms with Crippen LogP contribution < -0.4 is 5.73 Å². The molecule has 0 atom stereocenters. The van der Waals surface area contributed by atoms with Gasteiger partial charge in [0.1, 0.15) is 5.76 Å². The van der Waals surface area contributed by atoms with Crippen molar-refractivity contribution in [3.63, 3.8) is 0 Å². The summed E-state index contributed by atoms with van der Waals surface area (Å²) in [4.78, 5) is 30.2. The SMILES string of the molecule is Cc1noc(C)c1-c1cc(C(N)=O)c2[nH]c3cc(C(=O)N4CCOCC4)ccc3c2c1. The van der Waals surface area contributed by atoms with Gasteiger partial charge in [0.15, 0.2) is 0 Å². The van der Waals surface area contributed by atoms with Crippen LogP contribution in [0.2, 0.25) is 0 Å². The Morgan fingerprint density at radius 1 is 1.10 bits per heavy atom. The monoisotopic (exact) mass is 418 g/mol. The molecular weight excluding hydrogens is 396 g/mol. The topological polar surface area (TPSA) is 114 Å². The maximum Gasteiger partial charge on any atom is 0.254 e. The first kappa shape index (κ1) is 19.3. The number of primary amides is 1. The Morgan fingerprint density at radius 2 is 1.87 bits per heavy atom. The van der Waals surface area contributed by atoms with E-state index in [1.165, 1.54) is 0 Å². The summed E-state index contributed by atoms with van der Waals surface area (Å²) in [6, 6.07) is 9.31. The Kier molecular flexibility index (Phi) is 4.51. The maximum atomic E-state index is 12.9. The van der Waals surface area contributed by atoms with Crippen molar-refractivity contribution < 1.29 is 18.8 Å². The summed E-state index contributed by atoms with van der Waals surface area (Å²) < 4.78 is 10.6. The molecule has 0 bridgehead atoms. The standard InChI is InChI=1S/C23H22N4O4/c1-12-20(13(2)31-26-12)15-9-17-16-4-3-14(23(29)27-5-7-30-8-6-27)11-19(16)25-21(17)18(10-15)22(24)28/h3-4,9-11,25H,5-8H2,1-2H3,(H2,24,28). The molecule has 0 aliphatic carbocycles. The quantitative estimate of drug-likeness (QED) is 0.530. The van der Waals surface area contributed by atoms with Gasteiger partial charge in [0.2, 0.25) is 0 Å². The third kappa shape index (κ3) is 3.16. The van der Waals surface area contributed by atoms with E-state index in [-0.39, 0.29) is 5.91 Å². The van der Waals surface area contributed by atoms with Crippen molar-refractivity contribution in [2.45, 2.75) is 13.8 Å². The van der Waals surface area contributed by atoms with Gasteiger partial charge >= 0.3 is 0 Å². The lowest BCUT2D eigenvalue weighted by atomic mass is 9.97. The van der Waals surface area contributed by atoms with Gasteiger partial charge in [-0.25, -0.2) is 0 Å². The fourth-order valence-electron chi connectivity index (χ4n) is 4.32. The number of H-pyrrole nitrogens is 1. The van der Waals surface area contributed by atoms with Gasteiger partial charge in [-0.05, 0) is 43.7 Å². The van der Waals surface area contributed by atoms with Crippen LogP contribution in [0.4, 0.5) is 0 Å². The molecule has 2 amide bonds. The lowest BCUT2D eigenvalue weighted by molar-refractivity contribution is 0.0303. The third-order valence-electron chi connectivity index (χ3n) is 5.84. The molecule has 5 rings (SSSR count). The molecule has 2 aromatic carbocycles. The molecule has 31 heavy (non-hydrogen) atoms. The van der Waals surface area contributed by atoms with Gasteiger partial charge < -0.3 is 24.9 Å². The summed E-state index contributed by atoms with van der Waals surface area (Å²) in [5.41, 5.74) is 10.5. The van der Waals surface area contributed by atoms with E-state index in [4.69, 9.17) is 15.0 Å². The fraction of sp³-hybridized carbons (Fsp3) is 0.261. The molecular formula is C23H22N4O4. The lowest BCUT2D eigenvalue weighted by Crippen LogP contribution is -2.40. The van der Waals surface area contributed by atoms with E-state index in [0.717, 1.165) is 33.1 Å². The number of aryl methyl sites for hydroxylation is 2. The first-order valence-corrected chi connectivity index (χ1v) is 10.1. The number of carbonyl (C=O) groups excluding carboxylic acids is 2. The van der Waals surface area contributed by atoms with Crippen LogP contribution in [-0.2, 0) is 4.74 Å². The zero-order valence-electron chi connectivity index (χ0n) is 17.3. The molecule has 0 radical (unpaired) electrons. The third-order valence-corrected chi connectivity index (χ3v) is 5.84. The summed E-state index contributed by atoms with van der Waals surface area (Å²) in [5.74, 6) is 0.107. The maximum absolute atomic E-state index is 12.9. The van der Waals surface area contributed by atoms with Crippen LogP contribution in [-0.4, -0.2) is 53.2 Å². The molecule has 3 N–H and O–H groups in total. The van der Waals surface area contributed by atoms with Crippen LogP contribution in [0.5, 0.6) is 0 Å². The van der Waals surface area contributed by atoms with Crippen LogP contribution in [0.25, 0.3) is 32.9 Å². The number of morpholine rings is 1. The smallest absolute Gasteiger partial charge is 0.254 e. The number of nitrogens with two attached hydrogens (primary N) is 1. The Bertz CT molecular complexity index is 1330. The molecule has 1 fully saturated rings. The first-order valence-electron chi connectivity index (χ1n) is 10.1. The zero-order chi connectivity index (χ0) is 21.7. The number of fused-ring (bicyclic) bond motifs is 3. The van der Waals surface area contributed by atoms with Crippen molar-refractivity contribution in [2.75, 3.05) is 26.3 Å². The molecule has 1 aliphatic rings. The van der Waals surface area contributed by atoms with Crippen LogP contribution in [0.1, 0.15) is 32.2 Å². The molecule has 8 nitrogen and oxygen atoms in total. The van der Waals surface area contributed by atoms with Crippen LogP contribution in [0.15, 0.2) is 34.9 Å². The molecule has 158 valence electrons. The average molecular weight is 418 g/mol. The number of nitrogens with zero attached hydrogens (tertiary/aromatic N) is 2. The van der Waals surface area contributed by atoms with Crippen LogP contribution in [0.3, 0.4) is 0 Å². The number of benzene rings is 2. The molecule has 0 unspecified atom stereocenters. The van der Waals surface area contributed by atoms with Gasteiger partial charge in [0.05, 0.1) is 30.0 Å². The summed E-state index contributed by atoms with van der Waals surface area (Å²) in [5, 5.41) is 5.78. The van der Waals surface area contributed by atoms with E-state index in [2.05, 4.69) is 10.1 Å². The Balaban J connectivity index is 1.68. The van der Waals surface area contributed by atoms with E-state index in [9.17, 15) is 9.59 Å². The molecule has 1 aliphatic heterocycles. The van der Waals surface area contributed by atoms with Gasteiger partial charge in [0, 0.05) is 40.5 Å². The van der Waals surface area contributed by atoms with Crippen molar-refractivity contribution >= 4 is 33.6 Å². The van der Waals surface area contributed by atoms with E-state index >= 15 is 0 Å². The van der Waals surface area contributed by atoms with E-state index in [1.54, 1.807) is 11.0 Å². The minimum Gasteiger partial charge on any atom is -0.378 e. The van der Waals surface area contributed by atoms with Crippen molar-refractivity contribution in [1.82, 2.24) is 15.0 Å². The second-order valence-electron chi connectivity index (χ2n) is 7.80. The minimum absolute atomic E-state index is 0.0320. The van der Waals surface area contributed by atoms with Gasteiger partial charge in [-0.2, -0.15) is 0 Å². The van der Waals surface area contributed by atoms with Crippen molar-refractivity contribution in [3.8, 4) is 11.1 Å². The molecule has 8 heteroatoms. The number of nitrogens with one attached hydrogen (secondary N) is 1. The van der Waals surface area contributed by atoms with Crippen molar-refractivity contribution in [1.29, 1.82) is 0 Å². The normalized spacial score (nSPS) is 14.5. The predicted molar refractivity (Wildman–Crippen MR) is 116 cm³/mol. The van der Waals surface area contributed by atoms with E-state index in [1.807, 2.05) is 38.1 Å². The number of ether oxygens (including phenoxy) is 1. The zero-order valence-corrected chi connectivity index (χ0v) is 17.3. The van der Waals surface area contributed by atoms with Gasteiger partial charge in [0.25, 0.3) is 11.8 Å². The average Bonchev–Trinajstić information content (AvgIpc) is 3.31. The Labute approximate surface area is 177 Å². The van der Waals surface area contributed by atoms with Gasteiger partial charge in [-0.15, -0.1) is 0 Å². The van der Waals surface area contributed by atoms with Crippen molar-refractivity contribution in [3.05, 3.63) is 52.9 Å². The summed E-state index contributed by atoms with van der Waals surface area (Å²) in [6.45, 7) is 5.95. The minimum atomic E-state index is -0.533. The summed E-state index contributed by atoms with van der Waals surface area (Å²) in [6.07, 6.45) is 0. The van der Waals surface area contributed by atoms with Crippen molar-refractivity contribution in [2.24, 2.45) is 5.73 Å². The number of aromatic nitrogens is 2. The molecule has 0 spiro atoms. The number of aromatic amines is 1. The highest BCUT2D eigenvalue weighted by Crippen LogP contribution is 2.35. The summed E-state index contributed by atoms with van der Waals surface area (Å²) >= 11 is 0. The second-order valence-corrected chi connectivity index (χ2v) is 7.80. The molecule has 1 saturated heterocycles. The molecule has 0 saturated carbocycles. The van der Waals surface area contributed by atoms with Crippen LogP contribution >= 0.6 is 0 Å². The predicted octanol–water partition coefficient (Wildman–Crippen LogP) is 3.16. The number of amides is 2. The highest BCUT2D eigenvalue weighted by molar-refractivity contribution is 6.17. The van der Waals surface area contributed by atoms with Gasteiger partial charge in [-0.3, -0.25) is 9.59 Å². The molecule has 2 aromatic heterocycles. The Hall–Kier alpha value is -3.65. The number of hydrogen-bond donors (Lipinski definition) is 2.